The summed E-state index contributed by atoms with van der Waals surface area (Å²) in [6, 6.07) is 7.97. The Morgan fingerprint density at radius 2 is 2.22 bits per heavy atom. The number of halogens is 1. The molecular formula is C16H19ClN2O3S. The first-order valence-electron chi connectivity index (χ1n) is 7.75. The van der Waals surface area contributed by atoms with Crippen LogP contribution in [-0.2, 0) is 16.4 Å². The van der Waals surface area contributed by atoms with Crippen molar-refractivity contribution in [2.75, 3.05) is 6.54 Å². The second-order valence-electron chi connectivity index (χ2n) is 5.70. The molecule has 23 heavy (non-hydrogen) atoms. The van der Waals surface area contributed by atoms with E-state index in [1.165, 1.54) is 10.4 Å². The van der Waals surface area contributed by atoms with Gasteiger partial charge >= 0.3 is 0 Å². The number of aromatic nitrogens is 1. The molecular weight excluding hydrogens is 336 g/mol. The molecule has 1 aromatic heterocycles. The predicted octanol–water partition coefficient (Wildman–Crippen LogP) is 3.81. The second-order valence-corrected chi connectivity index (χ2v) is 8.03. The SMILES string of the molecule is CCCc1cc([C@@H]2CCCN2S(=O)(=O)c2cccc(Cl)c2)no1. The third-order valence-corrected chi connectivity index (χ3v) is 6.16. The molecule has 0 aliphatic carbocycles. The maximum Gasteiger partial charge on any atom is 0.243 e. The zero-order valence-electron chi connectivity index (χ0n) is 12.9. The van der Waals surface area contributed by atoms with Crippen LogP contribution in [0.3, 0.4) is 0 Å². The molecule has 1 fully saturated rings. The minimum absolute atomic E-state index is 0.217. The lowest BCUT2D eigenvalue weighted by Crippen LogP contribution is -2.30. The molecule has 0 radical (unpaired) electrons. The monoisotopic (exact) mass is 354 g/mol. The van der Waals surface area contributed by atoms with Crippen molar-refractivity contribution in [3.63, 3.8) is 0 Å². The smallest absolute Gasteiger partial charge is 0.243 e. The summed E-state index contributed by atoms with van der Waals surface area (Å²) in [5.41, 5.74) is 0.691. The van der Waals surface area contributed by atoms with Crippen LogP contribution in [-0.4, -0.2) is 24.4 Å². The third-order valence-electron chi connectivity index (χ3n) is 4.02. The second kappa shape index (κ2) is 6.63. The van der Waals surface area contributed by atoms with Gasteiger partial charge in [-0.05, 0) is 37.5 Å². The number of sulfonamides is 1. The Labute approximate surface area is 141 Å². The van der Waals surface area contributed by atoms with E-state index >= 15 is 0 Å². The summed E-state index contributed by atoms with van der Waals surface area (Å²) in [5.74, 6) is 0.800. The molecule has 0 unspecified atom stereocenters. The van der Waals surface area contributed by atoms with Crippen LogP contribution in [0.25, 0.3) is 0 Å². The van der Waals surface area contributed by atoms with Gasteiger partial charge in [0, 0.05) is 24.1 Å². The molecule has 0 bridgehead atoms. The maximum atomic E-state index is 12.9. The molecule has 1 aliphatic rings. The van der Waals surface area contributed by atoms with E-state index in [1.807, 2.05) is 6.07 Å². The fourth-order valence-corrected chi connectivity index (χ4v) is 4.91. The maximum absolute atomic E-state index is 12.9. The Bertz CT molecular complexity index is 788. The van der Waals surface area contributed by atoms with Gasteiger partial charge in [-0.1, -0.05) is 29.7 Å². The normalized spacial score (nSPS) is 19.3. The zero-order chi connectivity index (χ0) is 16.4. The van der Waals surface area contributed by atoms with Crippen LogP contribution in [0.4, 0.5) is 0 Å². The first-order chi connectivity index (χ1) is 11.0. The van der Waals surface area contributed by atoms with E-state index in [0.717, 1.165) is 31.4 Å². The van der Waals surface area contributed by atoms with Gasteiger partial charge in [-0.15, -0.1) is 0 Å². The van der Waals surface area contributed by atoms with Crippen molar-refractivity contribution in [3.8, 4) is 0 Å². The molecule has 0 saturated carbocycles. The highest BCUT2D eigenvalue weighted by molar-refractivity contribution is 7.89. The number of hydrogen-bond acceptors (Lipinski definition) is 4. The van der Waals surface area contributed by atoms with Crippen LogP contribution >= 0.6 is 11.6 Å². The van der Waals surface area contributed by atoms with Gasteiger partial charge in [0.2, 0.25) is 10.0 Å². The lowest BCUT2D eigenvalue weighted by molar-refractivity contribution is 0.343. The topological polar surface area (TPSA) is 63.4 Å². The minimum atomic E-state index is -3.59. The number of nitrogens with zero attached hydrogens (tertiary/aromatic N) is 2. The number of aryl methyl sites for hydroxylation is 1. The number of hydrogen-bond donors (Lipinski definition) is 0. The Kier molecular flexibility index (Phi) is 4.75. The summed E-state index contributed by atoms with van der Waals surface area (Å²) in [6.07, 6.45) is 3.32. The van der Waals surface area contributed by atoms with E-state index < -0.39 is 10.0 Å². The predicted molar refractivity (Wildman–Crippen MR) is 87.8 cm³/mol. The van der Waals surface area contributed by atoms with Crippen LogP contribution in [0.2, 0.25) is 5.02 Å². The molecule has 2 aromatic rings. The molecule has 3 rings (SSSR count). The average molecular weight is 355 g/mol. The first kappa shape index (κ1) is 16.5. The van der Waals surface area contributed by atoms with E-state index in [9.17, 15) is 8.42 Å². The molecule has 1 aliphatic heterocycles. The van der Waals surface area contributed by atoms with Gasteiger partial charge < -0.3 is 4.52 Å². The van der Waals surface area contributed by atoms with Crippen molar-refractivity contribution in [2.24, 2.45) is 0 Å². The Balaban J connectivity index is 1.91. The largest absolute Gasteiger partial charge is 0.361 e. The summed E-state index contributed by atoms with van der Waals surface area (Å²) in [4.78, 5) is 0.217. The summed E-state index contributed by atoms with van der Waals surface area (Å²) in [5, 5.41) is 4.50. The van der Waals surface area contributed by atoms with Gasteiger partial charge in [-0.3, -0.25) is 0 Å². The fourth-order valence-electron chi connectivity index (χ4n) is 2.94. The molecule has 0 N–H and O–H groups in total. The molecule has 1 aromatic carbocycles. The van der Waals surface area contributed by atoms with Crippen molar-refractivity contribution in [2.45, 2.75) is 43.5 Å². The van der Waals surface area contributed by atoms with Crippen LogP contribution < -0.4 is 0 Å². The van der Waals surface area contributed by atoms with Crippen molar-refractivity contribution < 1.29 is 12.9 Å². The van der Waals surface area contributed by atoms with Crippen molar-refractivity contribution in [1.29, 1.82) is 0 Å². The Morgan fingerprint density at radius 1 is 1.39 bits per heavy atom. The van der Waals surface area contributed by atoms with Crippen molar-refractivity contribution in [1.82, 2.24) is 9.46 Å². The summed E-state index contributed by atoms with van der Waals surface area (Å²) in [7, 11) is -3.59. The zero-order valence-corrected chi connectivity index (χ0v) is 14.5. The Hall–Kier alpha value is -1.37. The highest BCUT2D eigenvalue weighted by Crippen LogP contribution is 2.36. The summed E-state index contributed by atoms with van der Waals surface area (Å²) >= 11 is 5.94. The van der Waals surface area contributed by atoms with E-state index in [-0.39, 0.29) is 10.9 Å². The van der Waals surface area contributed by atoms with Crippen LogP contribution in [0.15, 0.2) is 39.8 Å². The number of benzene rings is 1. The number of rotatable bonds is 5. The lowest BCUT2D eigenvalue weighted by atomic mass is 10.1. The van der Waals surface area contributed by atoms with Gasteiger partial charge in [0.1, 0.15) is 11.5 Å². The van der Waals surface area contributed by atoms with Crippen molar-refractivity contribution in [3.05, 3.63) is 46.8 Å². The van der Waals surface area contributed by atoms with Crippen LogP contribution in [0.1, 0.15) is 43.7 Å². The quantitative estimate of drug-likeness (QED) is 0.819. The van der Waals surface area contributed by atoms with Gasteiger partial charge in [-0.2, -0.15) is 4.31 Å². The first-order valence-corrected chi connectivity index (χ1v) is 9.57. The van der Waals surface area contributed by atoms with E-state index in [4.69, 9.17) is 16.1 Å². The van der Waals surface area contributed by atoms with E-state index in [2.05, 4.69) is 12.1 Å². The van der Waals surface area contributed by atoms with Gasteiger partial charge in [0.25, 0.3) is 0 Å². The third kappa shape index (κ3) is 3.29. The van der Waals surface area contributed by atoms with Gasteiger partial charge in [0.05, 0.1) is 10.9 Å². The van der Waals surface area contributed by atoms with Crippen LogP contribution in [0.5, 0.6) is 0 Å². The minimum Gasteiger partial charge on any atom is -0.361 e. The molecule has 0 amide bonds. The molecule has 5 nitrogen and oxygen atoms in total. The van der Waals surface area contributed by atoms with Crippen molar-refractivity contribution >= 4 is 21.6 Å². The summed E-state index contributed by atoms with van der Waals surface area (Å²) in [6.45, 7) is 2.54. The Morgan fingerprint density at radius 3 is 2.96 bits per heavy atom. The van der Waals surface area contributed by atoms with Gasteiger partial charge in [0.15, 0.2) is 0 Å². The van der Waals surface area contributed by atoms with Gasteiger partial charge in [-0.25, -0.2) is 8.42 Å². The highest BCUT2D eigenvalue weighted by Gasteiger charge is 2.37. The fraction of sp³-hybridized carbons (Fsp3) is 0.438. The van der Waals surface area contributed by atoms with E-state index in [1.54, 1.807) is 18.2 Å². The highest BCUT2D eigenvalue weighted by atomic mass is 35.5. The lowest BCUT2D eigenvalue weighted by Gasteiger charge is -2.22. The molecule has 2 heterocycles. The molecule has 1 atom stereocenters. The summed E-state index contributed by atoms with van der Waals surface area (Å²) < 4.78 is 32.6. The average Bonchev–Trinajstić information content (AvgIpc) is 3.16. The molecule has 1 saturated heterocycles. The molecule has 7 heteroatoms. The molecule has 0 spiro atoms. The standard InChI is InChI=1S/C16H19ClN2O3S/c1-2-5-13-11-15(18-22-13)16-8-4-9-19(16)23(20,21)14-7-3-6-12(17)10-14/h3,6-7,10-11,16H,2,4-5,8-9H2,1H3/t16-/m0/s1. The molecule has 124 valence electrons. The van der Waals surface area contributed by atoms with E-state index in [0.29, 0.717) is 17.3 Å². The van der Waals surface area contributed by atoms with Crippen LogP contribution in [0, 0.1) is 0 Å².